The molecule has 0 spiro atoms. The van der Waals surface area contributed by atoms with Crippen molar-refractivity contribution < 1.29 is 0 Å². The maximum Gasteiger partial charge on any atom is 0.258 e. The van der Waals surface area contributed by atoms with Crippen molar-refractivity contribution in [1.82, 2.24) is 4.57 Å². The molecule has 0 unspecified atom stereocenters. The molecule has 2 nitrogen and oxygen atoms in total. The van der Waals surface area contributed by atoms with E-state index in [2.05, 4.69) is 0 Å². The highest BCUT2D eigenvalue weighted by atomic mass is 16.1. The van der Waals surface area contributed by atoms with Gasteiger partial charge in [-0.2, -0.15) is 0 Å². The number of pyridine rings is 1. The maximum atomic E-state index is 11.6. The largest absolute Gasteiger partial charge is 0.319 e. The van der Waals surface area contributed by atoms with Gasteiger partial charge in [-0.25, -0.2) is 0 Å². The lowest BCUT2D eigenvalue weighted by molar-refractivity contribution is 0.878. The minimum Gasteiger partial charge on any atom is -0.319 e. The Bertz CT molecular complexity index is 516. The third-order valence-electron chi connectivity index (χ3n) is 2.29. The molecule has 2 aromatic rings. The molecule has 13 heavy (non-hydrogen) atoms. The Hall–Kier alpha value is -1.51. The molecule has 0 atom stereocenters. The molecule has 0 bridgehead atoms. The zero-order chi connectivity index (χ0) is 9.42. The van der Waals surface area contributed by atoms with Crippen LogP contribution in [0.25, 0.3) is 10.8 Å². The van der Waals surface area contributed by atoms with E-state index >= 15 is 0 Å². The summed E-state index contributed by atoms with van der Waals surface area (Å²) in [4.78, 5) is 11.6. The lowest BCUT2D eigenvalue weighted by Gasteiger charge is -2.04. The molecule has 0 N–H and O–H groups in total. The van der Waals surface area contributed by atoms with Gasteiger partial charge >= 0.3 is 0 Å². The average Bonchev–Trinajstić information content (AvgIpc) is 2.15. The molecule has 2 rings (SSSR count). The third kappa shape index (κ3) is 1.17. The summed E-state index contributed by atoms with van der Waals surface area (Å²) in [5.41, 5.74) is 1.21. The highest BCUT2D eigenvalue weighted by Gasteiger charge is 2.01. The Balaban J connectivity index is 3.06. The monoisotopic (exact) mass is 171 g/mol. The summed E-state index contributed by atoms with van der Waals surface area (Å²) in [6.07, 6.45) is 1.87. The van der Waals surface area contributed by atoms with Crippen molar-refractivity contribution in [2.45, 2.75) is 0 Å². The van der Waals surface area contributed by atoms with E-state index in [1.54, 1.807) is 11.6 Å². The number of rotatable bonds is 0. The van der Waals surface area contributed by atoms with Crippen molar-refractivity contribution in [3.8, 4) is 0 Å². The lowest BCUT2D eigenvalue weighted by Crippen LogP contribution is -2.22. The predicted molar refractivity (Wildman–Crippen MR) is 57.4 cm³/mol. The number of aryl methyl sites for hydroxylation is 1. The predicted octanol–water partition coefficient (Wildman–Crippen LogP) is -0.203. The molecule has 0 amide bonds. The molecular weight excluding hydrogens is 161 g/mol. The number of benzene rings is 1. The fraction of sp³-hybridized carbons (Fsp3) is 0.100. The van der Waals surface area contributed by atoms with Crippen molar-refractivity contribution in [3.05, 3.63) is 40.8 Å². The molecule has 0 saturated carbocycles. The first kappa shape index (κ1) is 8.11. The number of hydrogen-bond acceptors (Lipinski definition) is 1. The highest BCUT2D eigenvalue weighted by Crippen LogP contribution is 2.04. The Labute approximate surface area is 77.2 Å². The van der Waals surface area contributed by atoms with E-state index in [-0.39, 0.29) is 5.56 Å². The topological polar surface area (TPSA) is 22.0 Å². The molecule has 0 saturated heterocycles. The first-order valence-electron chi connectivity index (χ1n) is 4.25. The first-order valence-corrected chi connectivity index (χ1v) is 4.25. The SMILES string of the molecule is Bc1cn(C)c(=O)c2ccccc12. The Morgan fingerprint density at radius 1 is 1.23 bits per heavy atom. The van der Waals surface area contributed by atoms with Crippen LogP contribution in [0.5, 0.6) is 0 Å². The normalized spacial score (nSPS) is 10.5. The standard InChI is InChI=1S/C10H10BNO/c1-12-6-9(11)7-4-2-3-5-8(7)10(12)13/h2-6H,11H2,1H3. The minimum atomic E-state index is 0.0706. The van der Waals surface area contributed by atoms with E-state index in [0.717, 1.165) is 16.2 Å². The summed E-state index contributed by atoms with van der Waals surface area (Å²) in [5, 5.41) is 1.84. The number of nitrogens with zero attached hydrogens (tertiary/aromatic N) is 1. The smallest absolute Gasteiger partial charge is 0.258 e. The van der Waals surface area contributed by atoms with Crippen molar-refractivity contribution in [1.29, 1.82) is 0 Å². The van der Waals surface area contributed by atoms with Crippen LogP contribution in [-0.4, -0.2) is 12.4 Å². The van der Waals surface area contributed by atoms with Gasteiger partial charge in [0.1, 0.15) is 7.85 Å². The number of fused-ring (bicyclic) bond motifs is 1. The van der Waals surface area contributed by atoms with Crippen LogP contribution in [0.2, 0.25) is 0 Å². The van der Waals surface area contributed by atoms with E-state index in [1.165, 1.54) is 0 Å². The van der Waals surface area contributed by atoms with Crippen molar-refractivity contribution in [3.63, 3.8) is 0 Å². The van der Waals surface area contributed by atoms with E-state index in [4.69, 9.17) is 0 Å². The van der Waals surface area contributed by atoms with Gasteiger partial charge < -0.3 is 4.57 Å². The Morgan fingerprint density at radius 2 is 1.85 bits per heavy atom. The van der Waals surface area contributed by atoms with Gasteiger partial charge in [-0.3, -0.25) is 4.79 Å². The zero-order valence-electron chi connectivity index (χ0n) is 7.74. The van der Waals surface area contributed by atoms with E-state index < -0.39 is 0 Å². The molecule has 0 aliphatic rings. The minimum absolute atomic E-state index is 0.0706. The quantitative estimate of drug-likeness (QED) is 0.503. The maximum absolute atomic E-state index is 11.6. The van der Waals surface area contributed by atoms with E-state index in [0.29, 0.717) is 0 Å². The van der Waals surface area contributed by atoms with Crippen LogP contribution in [0.3, 0.4) is 0 Å². The second-order valence-corrected chi connectivity index (χ2v) is 3.27. The van der Waals surface area contributed by atoms with Crippen LogP contribution in [0.1, 0.15) is 0 Å². The second kappa shape index (κ2) is 2.77. The average molecular weight is 171 g/mol. The summed E-state index contributed by atoms with van der Waals surface area (Å²) in [5.74, 6) is 0. The summed E-state index contributed by atoms with van der Waals surface area (Å²) in [7, 11) is 3.80. The Morgan fingerprint density at radius 3 is 2.54 bits per heavy atom. The molecule has 0 aliphatic heterocycles. The highest BCUT2D eigenvalue weighted by molar-refractivity contribution is 6.38. The first-order chi connectivity index (χ1) is 6.20. The van der Waals surface area contributed by atoms with Crippen LogP contribution in [0.15, 0.2) is 35.3 Å². The zero-order valence-corrected chi connectivity index (χ0v) is 7.74. The molecule has 64 valence electrons. The van der Waals surface area contributed by atoms with Crippen molar-refractivity contribution >= 4 is 24.1 Å². The van der Waals surface area contributed by atoms with Crippen molar-refractivity contribution in [2.24, 2.45) is 7.05 Å². The molecular formula is C10H10BNO. The van der Waals surface area contributed by atoms with Crippen LogP contribution in [0, 0.1) is 0 Å². The van der Waals surface area contributed by atoms with Gasteiger partial charge in [0.2, 0.25) is 0 Å². The van der Waals surface area contributed by atoms with Gasteiger partial charge in [0.05, 0.1) is 0 Å². The van der Waals surface area contributed by atoms with Gasteiger partial charge in [0.25, 0.3) is 5.56 Å². The third-order valence-corrected chi connectivity index (χ3v) is 2.29. The van der Waals surface area contributed by atoms with Gasteiger partial charge in [-0.05, 0) is 11.5 Å². The summed E-state index contributed by atoms with van der Waals surface area (Å²) < 4.78 is 1.62. The fourth-order valence-corrected chi connectivity index (χ4v) is 1.62. The van der Waals surface area contributed by atoms with Crippen LogP contribution in [0.4, 0.5) is 0 Å². The van der Waals surface area contributed by atoms with E-state index in [1.807, 2.05) is 38.3 Å². The summed E-state index contributed by atoms with van der Waals surface area (Å²) >= 11 is 0. The van der Waals surface area contributed by atoms with Crippen molar-refractivity contribution in [2.75, 3.05) is 0 Å². The number of hydrogen-bond donors (Lipinski definition) is 0. The van der Waals surface area contributed by atoms with Crippen LogP contribution in [-0.2, 0) is 7.05 Å². The number of aromatic nitrogens is 1. The summed E-state index contributed by atoms with van der Waals surface area (Å²) in [6, 6.07) is 7.69. The molecule has 0 fully saturated rings. The molecule has 1 aromatic carbocycles. The van der Waals surface area contributed by atoms with Gasteiger partial charge in [0, 0.05) is 18.6 Å². The van der Waals surface area contributed by atoms with Crippen LogP contribution < -0.4 is 11.0 Å². The van der Waals surface area contributed by atoms with E-state index in [9.17, 15) is 4.79 Å². The lowest BCUT2D eigenvalue weighted by atomic mass is 9.92. The molecule has 1 heterocycles. The van der Waals surface area contributed by atoms with Gasteiger partial charge in [-0.15, -0.1) is 0 Å². The Kier molecular flexibility index (Phi) is 1.73. The second-order valence-electron chi connectivity index (χ2n) is 3.27. The molecule has 1 aromatic heterocycles. The molecule has 3 heteroatoms. The fourth-order valence-electron chi connectivity index (χ4n) is 1.62. The van der Waals surface area contributed by atoms with Crippen LogP contribution >= 0.6 is 0 Å². The van der Waals surface area contributed by atoms with Gasteiger partial charge in [-0.1, -0.05) is 23.7 Å². The molecule has 0 radical (unpaired) electrons. The van der Waals surface area contributed by atoms with Gasteiger partial charge in [0.15, 0.2) is 0 Å². The molecule has 0 aliphatic carbocycles. The summed E-state index contributed by atoms with van der Waals surface area (Å²) in [6.45, 7) is 0.